The van der Waals surface area contributed by atoms with Gasteiger partial charge in [-0.15, -0.1) is 0 Å². The fraction of sp³-hybridized carbons (Fsp3) is 0.211. The van der Waals surface area contributed by atoms with Crippen LogP contribution >= 0.6 is 11.3 Å². The van der Waals surface area contributed by atoms with Gasteiger partial charge in [-0.3, -0.25) is 4.18 Å². The first-order valence-corrected chi connectivity index (χ1v) is 10.8. The molecule has 9 nitrogen and oxygen atoms in total. The number of thiazole rings is 1. The molecule has 2 aromatic carbocycles. The fourth-order valence-corrected chi connectivity index (χ4v) is 2.89. The molecule has 0 radical (unpaired) electrons. The molecule has 1 aromatic heterocycles. The fourth-order valence-electron chi connectivity index (χ4n) is 2.13. The second-order valence-corrected chi connectivity index (χ2v) is 7.93. The van der Waals surface area contributed by atoms with Crippen LogP contribution in [0.5, 0.6) is 5.06 Å². The molecule has 0 fully saturated rings. The van der Waals surface area contributed by atoms with E-state index in [1.165, 1.54) is 16.9 Å². The molecule has 0 amide bonds. The lowest BCUT2D eigenvalue weighted by Crippen LogP contribution is -2.23. The first-order chi connectivity index (χ1) is 14.3. The second kappa shape index (κ2) is 11.4. The molecule has 0 saturated carbocycles. The lowest BCUT2D eigenvalue weighted by Gasteiger charge is -2.05. The molecule has 30 heavy (non-hydrogen) atoms. The molecule has 0 bridgehead atoms. The smallest absolute Gasteiger partial charge is 0.411 e. The molecular formula is C19H22N4O5S2. The lowest BCUT2D eigenvalue weighted by atomic mass is 10.2. The average molecular weight is 451 g/mol. The number of azo groups is 1. The van der Waals surface area contributed by atoms with Crippen LogP contribution < -0.4 is 14.6 Å². The summed E-state index contributed by atoms with van der Waals surface area (Å²) in [5.74, 6) is 0. The van der Waals surface area contributed by atoms with Gasteiger partial charge in [0.1, 0.15) is 11.9 Å². The van der Waals surface area contributed by atoms with Gasteiger partial charge in [0.2, 0.25) is 15.5 Å². The quantitative estimate of drug-likeness (QED) is 0.254. The van der Waals surface area contributed by atoms with Crippen LogP contribution in [0, 0.1) is 0 Å². The van der Waals surface area contributed by atoms with Gasteiger partial charge in [0.25, 0.3) is 0 Å². The molecule has 3 aromatic rings. The number of rotatable bonds is 7. The van der Waals surface area contributed by atoms with Crippen LogP contribution in [0.25, 0.3) is 0 Å². The summed E-state index contributed by atoms with van der Waals surface area (Å²) in [6.45, 7) is 0.798. The Morgan fingerprint density at radius 3 is 2.23 bits per heavy atom. The molecule has 1 heterocycles. The third-order valence-electron chi connectivity index (χ3n) is 3.66. The third kappa shape index (κ3) is 8.25. The Morgan fingerprint density at radius 2 is 1.70 bits per heavy atom. The molecule has 0 aliphatic heterocycles. The van der Waals surface area contributed by atoms with Crippen LogP contribution in [0.2, 0.25) is 0 Å². The highest BCUT2D eigenvalue weighted by Gasteiger charge is 2.13. The van der Waals surface area contributed by atoms with Crippen LogP contribution in [0.4, 0.5) is 16.5 Å². The van der Waals surface area contributed by atoms with Crippen molar-refractivity contribution < 1.29 is 26.5 Å². The maximum absolute atomic E-state index is 9.22. The highest BCUT2D eigenvalue weighted by atomic mass is 32.3. The normalized spacial score (nSPS) is 11.1. The molecule has 0 aliphatic rings. The minimum atomic E-state index is -4.41. The summed E-state index contributed by atoms with van der Waals surface area (Å²) < 4.78 is 38.1. The summed E-state index contributed by atoms with van der Waals surface area (Å²) in [5, 5.41) is 13.5. The topological polar surface area (TPSA) is 116 Å². The van der Waals surface area contributed by atoms with Crippen molar-refractivity contribution in [2.45, 2.75) is 6.54 Å². The number of anilines is 1. The number of benzene rings is 2. The van der Waals surface area contributed by atoms with E-state index in [1.54, 1.807) is 7.11 Å². The zero-order chi connectivity index (χ0) is 22.0. The Labute approximate surface area is 179 Å². The van der Waals surface area contributed by atoms with Crippen molar-refractivity contribution in [3.05, 3.63) is 66.4 Å². The first kappa shape index (κ1) is 23.4. The Balaban J connectivity index is 0.000000469. The maximum atomic E-state index is 9.22. The van der Waals surface area contributed by atoms with Gasteiger partial charge in [-0.05, 0) is 46.3 Å². The van der Waals surface area contributed by atoms with Crippen LogP contribution in [0.15, 0.2) is 71.0 Å². The monoisotopic (exact) mass is 450 g/mol. The predicted molar refractivity (Wildman–Crippen MR) is 113 cm³/mol. The van der Waals surface area contributed by atoms with Crippen molar-refractivity contribution >= 4 is 38.2 Å². The SMILES string of the molecule is COS(=O)(=O)[O-].COc1c[n+](C)c(N=Nc2ccc(NCc3ccccc3)cc2)s1. The summed E-state index contributed by atoms with van der Waals surface area (Å²) in [7, 11) is -0.0368. The Bertz CT molecular complexity index is 1050. The Morgan fingerprint density at radius 1 is 1.07 bits per heavy atom. The molecule has 0 spiro atoms. The molecule has 0 unspecified atom stereocenters. The Kier molecular flexibility index (Phi) is 8.87. The van der Waals surface area contributed by atoms with E-state index in [0.717, 1.165) is 35.2 Å². The van der Waals surface area contributed by atoms with E-state index in [0.29, 0.717) is 0 Å². The molecule has 160 valence electrons. The van der Waals surface area contributed by atoms with Gasteiger partial charge in [-0.25, -0.2) is 13.0 Å². The zero-order valence-corrected chi connectivity index (χ0v) is 18.3. The van der Waals surface area contributed by atoms with Crippen LogP contribution in [-0.4, -0.2) is 27.2 Å². The maximum Gasteiger partial charge on any atom is 0.411 e. The number of nitrogens with zero attached hydrogens (tertiary/aromatic N) is 3. The van der Waals surface area contributed by atoms with E-state index in [1.807, 2.05) is 60.3 Å². The predicted octanol–water partition coefficient (Wildman–Crippen LogP) is 3.70. The van der Waals surface area contributed by atoms with E-state index >= 15 is 0 Å². The van der Waals surface area contributed by atoms with Crippen LogP contribution in [0.3, 0.4) is 0 Å². The van der Waals surface area contributed by atoms with Gasteiger partial charge >= 0.3 is 5.13 Å². The van der Waals surface area contributed by atoms with Crippen molar-refractivity contribution in [1.29, 1.82) is 0 Å². The van der Waals surface area contributed by atoms with Gasteiger partial charge in [-0.2, -0.15) is 0 Å². The highest BCUT2D eigenvalue weighted by Crippen LogP contribution is 2.27. The number of aromatic nitrogens is 1. The number of ether oxygens (including phenoxy) is 1. The van der Waals surface area contributed by atoms with E-state index in [-0.39, 0.29) is 0 Å². The average Bonchev–Trinajstić information content (AvgIpc) is 3.12. The van der Waals surface area contributed by atoms with Crippen LogP contribution in [-0.2, 0) is 28.2 Å². The second-order valence-electron chi connectivity index (χ2n) is 5.81. The molecule has 1 N–H and O–H groups in total. The lowest BCUT2D eigenvalue weighted by molar-refractivity contribution is -0.654. The molecule has 0 atom stereocenters. The summed E-state index contributed by atoms with van der Waals surface area (Å²) in [6, 6.07) is 18.2. The number of hydrogen-bond donors (Lipinski definition) is 1. The Hall–Kier alpha value is -2.86. The number of aryl methyl sites for hydroxylation is 1. The molecule has 0 saturated heterocycles. The summed E-state index contributed by atoms with van der Waals surface area (Å²) in [6.07, 6.45) is 1.88. The summed E-state index contributed by atoms with van der Waals surface area (Å²) in [4.78, 5) is 0. The minimum Gasteiger partial charge on any atom is -0.726 e. The van der Waals surface area contributed by atoms with Gasteiger partial charge in [0, 0.05) is 12.2 Å². The van der Waals surface area contributed by atoms with Gasteiger partial charge in [0.05, 0.1) is 26.4 Å². The van der Waals surface area contributed by atoms with Crippen LogP contribution in [0.1, 0.15) is 5.56 Å². The largest absolute Gasteiger partial charge is 0.726 e. The van der Waals surface area contributed by atoms with Crippen molar-refractivity contribution in [2.75, 3.05) is 19.5 Å². The van der Waals surface area contributed by atoms with Crippen molar-refractivity contribution in [1.82, 2.24) is 0 Å². The number of nitrogens with one attached hydrogen (secondary N) is 1. The third-order valence-corrected chi connectivity index (χ3v) is 5.09. The summed E-state index contributed by atoms with van der Waals surface area (Å²) in [5.41, 5.74) is 3.12. The van der Waals surface area contributed by atoms with Crippen molar-refractivity contribution in [2.24, 2.45) is 17.3 Å². The molecule has 11 heteroatoms. The van der Waals surface area contributed by atoms with Gasteiger partial charge in [-0.1, -0.05) is 30.3 Å². The van der Waals surface area contributed by atoms with E-state index in [2.05, 4.69) is 31.9 Å². The van der Waals surface area contributed by atoms with E-state index < -0.39 is 10.4 Å². The standard InChI is InChI=1S/C18H18N4OS.CH4O4S/c1-22-13-17(23-2)24-18(22)21-20-16-10-8-15(9-11-16)19-12-14-6-4-3-5-7-14;1-5-6(2,3)4/h3-11,13H,12H2,1-2H3;1H3,(H,2,3,4). The van der Waals surface area contributed by atoms with Gasteiger partial charge in [0.15, 0.2) is 0 Å². The van der Waals surface area contributed by atoms with Crippen molar-refractivity contribution in [3.8, 4) is 5.06 Å². The number of methoxy groups -OCH3 is 1. The molecule has 0 aliphatic carbocycles. The molecule has 3 rings (SSSR count). The van der Waals surface area contributed by atoms with E-state index in [4.69, 9.17) is 4.74 Å². The first-order valence-electron chi connectivity index (χ1n) is 8.65. The minimum absolute atomic E-state index is 0.790. The van der Waals surface area contributed by atoms with E-state index in [9.17, 15) is 13.0 Å². The zero-order valence-electron chi connectivity index (χ0n) is 16.7. The molecular weight excluding hydrogens is 428 g/mol. The van der Waals surface area contributed by atoms with Crippen molar-refractivity contribution in [3.63, 3.8) is 0 Å². The highest BCUT2D eigenvalue weighted by molar-refractivity contribution is 7.80. The summed E-state index contributed by atoms with van der Waals surface area (Å²) >= 11 is 1.46. The van der Waals surface area contributed by atoms with Gasteiger partial charge < -0.3 is 14.6 Å². The number of hydrogen-bond acceptors (Lipinski definition) is 9.